The van der Waals surface area contributed by atoms with Crippen LogP contribution in [0.25, 0.3) is 0 Å². The number of amides is 1. The summed E-state index contributed by atoms with van der Waals surface area (Å²) in [6.45, 7) is 0.487. The molecule has 0 aliphatic rings. The summed E-state index contributed by atoms with van der Waals surface area (Å²) in [5.41, 5.74) is 2.27. The fraction of sp³-hybridized carbons (Fsp3) is 0.150. The van der Waals surface area contributed by atoms with Gasteiger partial charge < -0.3 is 9.73 Å². The van der Waals surface area contributed by atoms with E-state index in [2.05, 4.69) is 5.32 Å². The molecule has 25 heavy (non-hydrogen) atoms. The molecular weight excluding hydrogens is 354 g/mol. The minimum Gasteiger partial charge on any atom is -0.455 e. The molecule has 5 heteroatoms. The van der Waals surface area contributed by atoms with Crippen molar-refractivity contribution in [2.45, 2.75) is 18.1 Å². The van der Waals surface area contributed by atoms with Crippen LogP contribution in [0.3, 0.4) is 0 Å². The molecular formula is C20H18ClNO2S. The number of hydrogen-bond acceptors (Lipinski definition) is 3. The Morgan fingerprint density at radius 2 is 1.68 bits per heavy atom. The van der Waals surface area contributed by atoms with E-state index in [0.717, 1.165) is 22.1 Å². The number of furan rings is 1. The van der Waals surface area contributed by atoms with Crippen molar-refractivity contribution in [1.29, 1.82) is 0 Å². The van der Waals surface area contributed by atoms with Gasteiger partial charge in [-0.05, 0) is 35.4 Å². The number of hydrogen-bond donors (Lipinski definition) is 1. The van der Waals surface area contributed by atoms with Crippen molar-refractivity contribution >= 4 is 29.3 Å². The van der Waals surface area contributed by atoms with Crippen LogP contribution in [0.15, 0.2) is 71.1 Å². The van der Waals surface area contributed by atoms with Gasteiger partial charge in [0.2, 0.25) is 0 Å². The molecule has 0 saturated heterocycles. The van der Waals surface area contributed by atoms with E-state index in [4.69, 9.17) is 16.0 Å². The molecule has 1 heterocycles. The zero-order valence-corrected chi connectivity index (χ0v) is 15.1. The molecule has 1 amide bonds. The zero-order valence-electron chi connectivity index (χ0n) is 13.6. The Morgan fingerprint density at radius 1 is 0.920 bits per heavy atom. The van der Waals surface area contributed by atoms with E-state index in [9.17, 15) is 4.79 Å². The molecule has 3 aromatic rings. The number of rotatable bonds is 7. The smallest absolute Gasteiger partial charge is 0.287 e. The largest absolute Gasteiger partial charge is 0.455 e. The second kappa shape index (κ2) is 8.79. The van der Waals surface area contributed by atoms with Crippen molar-refractivity contribution < 1.29 is 9.21 Å². The monoisotopic (exact) mass is 371 g/mol. The lowest BCUT2D eigenvalue weighted by molar-refractivity contribution is 0.0922. The number of thioether (sulfide) groups is 1. The van der Waals surface area contributed by atoms with Crippen molar-refractivity contribution in [3.05, 3.63) is 94.4 Å². The number of carbonyl (C=O) groups excluding carboxylic acids is 1. The molecule has 0 spiro atoms. The molecule has 1 N–H and O–H groups in total. The molecule has 0 saturated carbocycles. The number of halogens is 1. The summed E-state index contributed by atoms with van der Waals surface area (Å²) in [7, 11) is 0. The zero-order chi connectivity index (χ0) is 17.5. The van der Waals surface area contributed by atoms with Crippen LogP contribution in [0.4, 0.5) is 0 Å². The van der Waals surface area contributed by atoms with Crippen LogP contribution in [0.2, 0.25) is 5.02 Å². The molecule has 1 aromatic heterocycles. The highest BCUT2D eigenvalue weighted by molar-refractivity contribution is 7.97. The maximum Gasteiger partial charge on any atom is 0.287 e. The predicted molar refractivity (Wildman–Crippen MR) is 103 cm³/mol. The van der Waals surface area contributed by atoms with E-state index in [1.54, 1.807) is 17.8 Å². The molecule has 3 rings (SSSR count). The first-order chi connectivity index (χ1) is 12.2. The third-order valence-electron chi connectivity index (χ3n) is 3.61. The first kappa shape index (κ1) is 17.6. The first-order valence-electron chi connectivity index (χ1n) is 7.94. The molecule has 0 unspecified atom stereocenters. The summed E-state index contributed by atoms with van der Waals surface area (Å²) < 4.78 is 5.64. The van der Waals surface area contributed by atoms with Crippen molar-refractivity contribution in [1.82, 2.24) is 5.32 Å². The van der Waals surface area contributed by atoms with E-state index < -0.39 is 0 Å². The molecule has 3 nitrogen and oxygen atoms in total. The Morgan fingerprint density at radius 3 is 2.44 bits per heavy atom. The van der Waals surface area contributed by atoms with Crippen LogP contribution in [0, 0.1) is 0 Å². The molecule has 128 valence electrons. The van der Waals surface area contributed by atoms with Gasteiger partial charge in [0.15, 0.2) is 5.76 Å². The lowest BCUT2D eigenvalue weighted by atomic mass is 10.2. The predicted octanol–water partition coefficient (Wildman–Crippen LogP) is 5.30. The summed E-state index contributed by atoms with van der Waals surface area (Å²) in [6.07, 6.45) is 0. The number of benzene rings is 2. The minimum absolute atomic E-state index is 0.196. The maximum atomic E-state index is 12.1. The van der Waals surface area contributed by atoms with Gasteiger partial charge in [-0.15, -0.1) is 11.8 Å². The van der Waals surface area contributed by atoms with Gasteiger partial charge in [-0.1, -0.05) is 54.1 Å². The average Bonchev–Trinajstić information content (AvgIpc) is 3.11. The third kappa shape index (κ3) is 5.41. The quantitative estimate of drug-likeness (QED) is 0.613. The minimum atomic E-state index is -0.196. The van der Waals surface area contributed by atoms with Gasteiger partial charge in [0.05, 0.1) is 5.75 Å². The van der Waals surface area contributed by atoms with Crippen LogP contribution in [-0.2, 0) is 18.1 Å². The van der Waals surface area contributed by atoms with E-state index in [0.29, 0.717) is 18.1 Å². The van der Waals surface area contributed by atoms with Gasteiger partial charge in [0.25, 0.3) is 5.91 Å². The lowest BCUT2D eigenvalue weighted by Gasteiger charge is -2.03. The Hall–Kier alpha value is -2.17. The van der Waals surface area contributed by atoms with Crippen LogP contribution >= 0.6 is 23.4 Å². The van der Waals surface area contributed by atoms with Gasteiger partial charge in [-0.2, -0.15) is 0 Å². The highest BCUT2D eigenvalue weighted by Crippen LogP contribution is 2.20. The molecule has 2 aromatic carbocycles. The standard InChI is InChI=1S/C20H18ClNO2S/c21-17-8-6-16(7-9-17)13-25-14-18-10-11-19(24-18)20(23)22-12-15-4-2-1-3-5-15/h1-11H,12-14H2,(H,22,23). The Balaban J connectivity index is 1.46. The first-order valence-corrected chi connectivity index (χ1v) is 9.47. The molecule has 0 fully saturated rings. The van der Waals surface area contributed by atoms with E-state index in [-0.39, 0.29) is 5.91 Å². The van der Waals surface area contributed by atoms with E-state index in [1.807, 2.05) is 60.7 Å². The SMILES string of the molecule is O=C(NCc1ccccc1)c1ccc(CSCc2ccc(Cl)cc2)o1. The van der Waals surface area contributed by atoms with Gasteiger partial charge in [-0.25, -0.2) is 0 Å². The van der Waals surface area contributed by atoms with Gasteiger partial charge in [0.1, 0.15) is 5.76 Å². The maximum absolute atomic E-state index is 12.1. The highest BCUT2D eigenvalue weighted by Gasteiger charge is 2.11. The fourth-order valence-corrected chi connectivity index (χ4v) is 3.31. The number of carbonyl (C=O) groups is 1. The van der Waals surface area contributed by atoms with Gasteiger partial charge in [-0.3, -0.25) is 4.79 Å². The van der Waals surface area contributed by atoms with Crippen molar-refractivity contribution in [2.75, 3.05) is 0 Å². The molecule has 0 bridgehead atoms. The summed E-state index contributed by atoms with van der Waals surface area (Å²) in [4.78, 5) is 12.1. The molecule has 0 atom stereocenters. The second-order valence-corrected chi connectivity index (χ2v) is 6.98. The lowest BCUT2D eigenvalue weighted by Crippen LogP contribution is -2.22. The summed E-state index contributed by atoms with van der Waals surface area (Å²) in [5, 5.41) is 3.61. The van der Waals surface area contributed by atoms with Gasteiger partial charge >= 0.3 is 0 Å². The number of nitrogens with one attached hydrogen (secondary N) is 1. The molecule has 0 aliphatic carbocycles. The normalized spacial score (nSPS) is 10.6. The van der Waals surface area contributed by atoms with Crippen LogP contribution < -0.4 is 5.32 Å². The van der Waals surface area contributed by atoms with Crippen molar-refractivity contribution in [2.24, 2.45) is 0 Å². The van der Waals surface area contributed by atoms with E-state index >= 15 is 0 Å². The Bertz CT molecular complexity index is 815. The Kier molecular flexibility index (Phi) is 6.20. The summed E-state index contributed by atoms with van der Waals surface area (Å²) >= 11 is 7.61. The third-order valence-corrected chi connectivity index (χ3v) is 4.89. The van der Waals surface area contributed by atoms with E-state index in [1.165, 1.54) is 5.56 Å². The van der Waals surface area contributed by atoms with Crippen LogP contribution in [0.5, 0.6) is 0 Å². The van der Waals surface area contributed by atoms with Crippen LogP contribution in [0.1, 0.15) is 27.4 Å². The summed E-state index contributed by atoms with van der Waals surface area (Å²) in [6, 6.07) is 21.2. The highest BCUT2D eigenvalue weighted by atomic mass is 35.5. The van der Waals surface area contributed by atoms with Gasteiger partial charge in [0, 0.05) is 17.3 Å². The van der Waals surface area contributed by atoms with Crippen molar-refractivity contribution in [3.8, 4) is 0 Å². The summed E-state index contributed by atoms with van der Waals surface area (Å²) in [5.74, 6) is 2.53. The Labute approximate surface area is 156 Å². The molecule has 0 aliphatic heterocycles. The fourth-order valence-electron chi connectivity index (χ4n) is 2.29. The second-order valence-electron chi connectivity index (χ2n) is 5.55. The van der Waals surface area contributed by atoms with Crippen molar-refractivity contribution in [3.63, 3.8) is 0 Å². The van der Waals surface area contributed by atoms with Crippen LogP contribution in [-0.4, -0.2) is 5.91 Å². The topological polar surface area (TPSA) is 42.2 Å². The molecule has 0 radical (unpaired) electrons. The average molecular weight is 372 g/mol.